The van der Waals surface area contributed by atoms with Gasteiger partial charge in [-0.2, -0.15) is 5.10 Å². The second kappa shape index (κ2) is 8.29. The van der Waals surface area contributed by atoms with Crippen LogP contribution in [-0.4, -0.2) is 17.2 Å². The molecule has 0 spiro atoms. The molecule has 0 bridgehead atoms. The summed E-state index contributed by atoms with van der Waals surface area (Å²) in [6.45, 7) is 0. The average molecular weight is 465 g/mol. The highest BCUT2D eigenvalue weighted by atomic mass is 79.9. The monoisotopic (exact) mass is 464 g/mol. The number of hydrazone groups is 1. The van der Waals surface area contributed by atoms with Crippen LogP contribution in [0.3, 0.4) is 0 Å². The highest BCUT2D eigenvalue weighted by molar-refractivity contribution is 9.11. The fourth-order valence-corrected chi connectivity index (χ4v) is 4.92. The van der Waals surface area contributed by atoms with Crippen LogP contribution in [0.25, 0.3) is 10.1 Å². The van der Waals surface area contributed by atoms with Gasteiger partial charge in [0.2, 0.25) is 0 Å². The maximum atomic E-state index is 13.1. The quantitative estimate of drug-likeness (QED) is 0.320. The highest BCUT2D eigenvalue weighted by Crippen LogP contribution is 2.34. The molecular weight excluding hydrogens is 448 g/mol. The van der Waals surface area contributed by atoms with Crippen molar-refractivity contribution in [3.63, 3.8) is 0 Å². The Morgan fingerprint density at radius 1 is 0.931 bits per heavy atom. The van der Waals surface area contributed by atoms with Crippen LogP contribution < -0.4 is 5.43 Å². The van der Waals surface area contributed by atoms with E-state index in [0.717, 1.165) is 19.4 Å². The molecule has 0 unspecified atom stereocenters. The highest BCUT2D eigenvalue weighted by Gasteiger charge is 2.39. The summed E-state index contributed by atoms with van der Waals surface area (Å²) in [5.41, 5.74) is 2.49. The van der Waals surface area contributed by atoms with Gasteiger partial charge < -0.3 is 5.11 Å². The molecule has 0 radical (unpaired) electrons. The molecular formula is C23H17BrN2O2S. The number of halogens is 1. The van der Waals surface area contributed by atoms with E-state index in [4.69, 9.17) is 0 Å². The van der Waals surface area contributed by atoms with Gasteiger partial charge in [-0.15, -0.1) is 11.3 Å². The maximum Gasteiger partial charge on any atom is 0.281 e. The number of benzene rings is 3. The molecule has 1 aromatic heterocycles. The number of rotatable bonds is 5. The normalized spacial score (nSPS) is 11.8. The number of hydrogen-bond donors (Lipinski definition) is 2. The van der Waals surface area contributed by atoms with Crippen molar-refractivity contribution in [3.05, 3.63) is 105 Å². The Morgan fingerprint density at radius 2 is 1.48 bits per heavy atom. The molecule has 0 saturated carbocycles. The standard InChI is InChI=1S/C23H17BrN2O2S/c24-21-19(18-13-7-8-14-20(18)29-21)15-25-26-22(27)23(28,16-9-3-1-4-10-16)17-11-5-2-6-12-17/h1-15,28H,(H,26,27). The Morgan fingerprint density at radius 3 is 2.10 bits per heavy atom. The lowest BCUT2D eigenvalue weighted by molar-refractivity contribution is -0.136. The van der Waals surface area contributed by atoms with Crippen LogP contribution in [0.4, 0.5) is 0 Å². The zero-order valence-corrected chi connectivity index (χ0v) is 17.7. The second-order valence-electron chi connectivity index (χ2n) is 6.43. The zero-order valence-electron chi connectivity index (χ0n) is 15.2. The van der Waals surface area contributed by atoms with Gasteiger partial charge in [0.1, 0.15) is 0 Å². The van der Waals surface area contributed by atoms with Crippen LogP contribution in [0.5, 0.6) is 0 Å². The smallest absolute Gasteiger partial charge is 0.281 e. The topological polar surface area (TPSA) is 61.7 Å². The Bertz CT molecular complexity index is 1130. The van der Waals surface area contributed by atoms with E-state index in [2.05, 4.69) is 26.5 Å². The summed E-state index contributed by atoms with van der Waals surface area (Å²) in [4.78, 5) is 13.1. The van der Waals surface area contributed by atoms with E-state index >= 15 is 0 Å². The van der Waals surface area contributed by atoms with Crippen LogP contribution in [0.15, 0.2) is 93.8 Å². The van der Waals surface area contributed by atoms with E-state index in [1.165, 1.54) is 0 Å². The Labute approximate surface area is 180 Å². The van der Waals surface area contributed by atoms with Gasteiger partial charge in [0.05, 0.1) is 10.0 Å². The third kappa shape index (κ3) is 3.74. The van der Waals surface area contributed by atoms with Crippen molar-refractivity contribution in [2.24, 2.45) is 5.10 Å². The van der Waals surface area contributed by atoms with Gasteiger partial charge in [-0.25, -0.2) is 5.43 Å². The van der Waals surface area contributed by atoms with Crippen molar-refractivity contribution in [2.75, 3.05) is 0 Å². The van der Waals surface area contributed by atoms with E-state index in [-0.39, 0.29) is 0 Å². The van der Waals surface area contributed by atoms with E-state index in [1.807, 2.05) is 36.4 Å². The summed E-state index contributed by atoms with van der Waals surface area (Å²) in [7, 11) is 0. The van der Waals surface area contributed by atoms with Crippen molar-refractivity contribution in [1.82, 2.24) is 5.43 Å². The van der Waals surface area contributed by atoms with Crippen LogP contribution in [0.2, 0.25) is 0 Å². The summed E-state index contributed by atoms with van der Waals surface area (Å²) in [5, 5.41) is 16.6. The first-order valence-electron chi connectivity index (χ1n) is 8.94. The maximum absolute atomic E-state index is 13.1. The van der Waals surface area contributed by atoms with Gasteiger partial charge in [0.15, 0.2) is 5.60 Å². The SMILES string of the molecule is O=C(NN=Cc1c(Br)sc2ccccc12)C(O)(c1ccccc1)c1ccccc1. The molecule has 4 nitrogen and oxygen atoms in total. The first-order valence-corrected chi connectivity index (χ1v) is 10.6. The molecule has 0 aliphatic rings. The van der Waals surface area contributed by atoms with Crippen molar-refractivity contribution in [1.29, 1.82) is 0 Å². The molecule has 2 N–H and O–H groups in total. The van der Waals surface area contributed by atoms with E-state index in [0.29, 0.717) is 11.1 Å². The van der Waals surface area contributed by atoms with Gasteiger partial charge in [-0.05, 0) is 33.1 Å². The average Bonchev–Trinajstić information content (AvgIpc) is 3.09. The molecule has 0 aliphatic carbocycles. The van der Waals surface area contributed by atoms with Crippen LogP contribution in [-0.2, 0) is 10.4 Å². The van der Waals surface area contributed by atoms with Crippen LogP contribution in [0, 0.1) is 0 Å². The molecule has 3 aromatic carbocycles. The number of carbonyl (C=O) groups excluding carboxylic acids is 1. The summed E-state index contributed by atoms with van der Waals surface area (Å²) in [6, 6.07) is 25.7. The molecule has 0 atom stereocenters. The number of nitrogens with zero attached hydrogens (tertiary/aromatic N) is 1. The molecule has 1 heterocycles. The summed E-state index contributed by atoms with van der Waals surface area (Å²) < 4.78 is 2.05. The number of carbonyl (C=O) groups is 1. The Balaban J connectivity index is 1.66. The van der Waals surface area contributed by atoms with E-state index in [9.17, 15) is 9.90 Å². The minimum Gasteiger partial charge on any atom is -0.372 e. The largest absolute Gasteiger partial charge is 0.372 e. The molecule has 144 valence electrons. The number of hydrogen-bond acceptors (Lipinski definition) is 4. The summed E-state index contributed by atoms with van der Waals surface area (Å²) >= 11 is 5.16. The molecule has 6 heteroatoms. The molecule has 0 saturated heterocycles. The van der Waals surface area contributed by atoms with Gasteiger partial charge in [-0.1, -0.05) is 78.9 Å². The van der Waals surface area contributed by atoms with Gasteiger partial charge in [0, 0.05) is 15.6 Å². The Kier molecular flexibility index (Phi) is 5.58. The van der Waals surface area contributed by atoms with Crippen molar-refractivity contribution in [3.8, 4) is 0 Å². The summed E-state index contributed by atoms with van der Waals surface area (Å²) in [6.07, 6.45) is 1.59. The molecule has 4 aromatic rings. The Hall–Kier alpha value is -2.80. The van der Waals surface area contributed by atoms with Crippen molar-refractivity contribution in [2.45, 2.75) is 5.60 Å². The fraction of sp³-hybridized carbons (Fsp3) is 0.0435. The molecule has 0 aliphatic heterocycles. The number of aliphatic hydroxyl groups is 1. The molecule has 1 amide bonds. The number of thiophene rings is 1. The molecule has 29 heavy (non-hydrogen) atoms. The van der Waals surface area contributed by atoms with Gasteiger partial charge in [0.25, 0.3) is 5.91 Å². The lowest BCUT2D eigenvalue weighted by atomic mass is 9.85. The third-order valence-corrected chi connectivity index (χ3v) is 6.55. The van der Waals surface area contributed by atoms with Crippen molar-refractivity contribution < 1.29 is 9.90 Å². The lowest BCUT2D eigenvalue weighted by Gasteiger charge is -2.27. The molecule has 4 rings (SSSR count). The first-order chi connectivity index (χ1) is 14.1. The lowest BCUT2D eigenvalue weighted by Crippen LogP contribution is -2.43. The van der Waals surface area contributed by atoms with Crippen LogP contribution >= 0.6 is 27.3 Å². The van der Waals surface area contributed by atoms with Gasteiger partial charge in [-0.3, -0.25) is 4.79 Å². The minimum absolute atomic E-state index is 0.473. The minimum atomic E-state index is -1.85. The number of amides is 1. The predicted molar refractivity (Wildman–Crippen MR) is 121 cm³/mol. The number of fused-ring (bicyclic) bond motifs is 1. The summed E-state index contributed by atoms with van der Waals surface area (Å²) in [5.74, 6) is -0.623. The van der Waals surface area contributed by atoms with E-state index < -0.39 is 11.5 Å². The van der Waals surface area contributed by atoms with E-state index in [1.54, 1.807) is 66.1 Å². The molecule has 0 fully saturated rings. The van der Waals surface area contributed by atoms with Crippen molar-refractivity contribution >= 4 is 49.5 Å². The predicted octanol–water partition coefficient (Wildman–Crippen LogP) is 5.05. The third-order valence-electron chi connectivity index (χ3n) is 4.66. The van der Waals surface area contributed by atoms with Gasteiger partial charge >= 0.3 is 0 Å². The fourth-order valence-electron chi connectivity index (χ4n) is 3.18. The first kappa shape index (κ1) is 19.5. The van der Waals surface area contributed by atoms with Crippen LogP contribution in [0.1, 0.15) is 16.7 Å². The zero-order chi connectivity index (χ0) is 20.3. The number of nitrogens with one attached hydrogen (secondary N) is 1. The second-order valence-corrected chi connectivity index (χ2v) is 8.80.